The highest BCUT2D eigenvalue weighted by Gasteiger charge is 2.26. The van der Waals surface area contributed by atoms with Crippen LogP contribution in [0.3, 0.4) is 0 Å². The molecule has 35 heavy (non-hydrogen) atoms. The molecule has 0 aliphatic heterocycles. The molecule has 0 heterocycles. The van der Waals surface area contributed by atoms with Crippen molar-refractivity contribution in [3.8, 4) is 0 Å². The second kappa shape index (κ2) is 14.2. The molecule has 2 aromatic carbocycles. The van der Waals surface area contributed by atoms with E-state index in [1.807, 2.05) is 48.5 Å². The molecule has 1 aliphatic rings. The number of esters is 1. The number of benzene rings is 2. The van der Waals surface area contributed by atoms with Crippen LogP contribution in [-0.2, 0) is 20.9 Å². The molecule has 1 fully saturated rings. The van der Waals surface area contributed by atoms with E-state index in [-0.39, 0.29) is 24.4 Å². The lowest BCUT2D eigenvalue weighted by Crippen LogP contribution is -2.32. The van der Waals surface area contributed by atoms with E-state index in [2.05, 4.69) is 10.6 Å². The van der Waals surface area contributed by atoms with Gasteiger partial charge in [-0.25, -0.2) is 10.3 Å². The Labute approximate surface area is 206 Å². The number of rotatable bonds is 13. The predicted molar refractivity (Wildman–Crippen MR) is 132 cm³/mol. The molecule has 2 aromatic rings. The van der Waals surface area contributed by atoms with Gasteiger partial charge in [0.15, 0.2) is 0 Å². The first-order valence-electron chi connectivity index (χ1n) is 12.4. The van der Waals surface area contributed by atoms with Crippen LogP contribution in [0.5, 0.6) is 0 Å². The molecule has 1 atom stereocenters. The molecule has 0 saturated heterocycles. The van der Waals surface area contributed by atoms with E-state index in [9.17, 15) is 14.4 Å². The fourth-order valence-corrected chi connectivity index (χ4v) is 4.21. The first-order chi connectivity index (χ1) is 17.1. The zero-order valence-corrected chi connectivity index (χ0v) is 20.0. The summed E-state index contributed by atoms with van der Waals surface area (Å²) in [5, 5.41) is 14.7. The van der Waals surface area contributed by atoms with Gasteiger partial charge in [0.25, 0.3) is 5.91 Å². The summed E-state index contributed by atoms with van der Waals surface area (Å²) >= 11 is 0. The van der Waals surface area contributed by atoms with E-state index in [0.717, 1.165) is 49.7 Å². The van der Waals surface area contributed by atoms with Crippen LogP contribution in [0.1, 0.15) is 78.9 Å². The van der Waals surface area contributed by atoms with Gasteiger partial charge in [-0.05, 0) is 61.8 Å². The van der Waals surface area contributed by atoms with Crippen molar-refractivity contribution in [2.75, 3.05) is 6.54 Å². The van der Waals surface area contributed by atoms with E-state index in [1.165, 1.54) is 0 Å². The minimum absolute atomic E-state index is 0.00521. The van der Waals surface area contributed by atoms with Gasteiger partial charge in [-0.15, -0.1) is 0 Å². The van der Waals surface area contributed by atoms with E-state index in [0.29, 0.717) is 25.1 Å². The van der Waals surface area contributed by atoms with Crippen molar-refractivity contribution in [3.63, 3.8) is 0 Å². The number of amides is 2. The molecular formula is C27H35N3O5. The van der Waals surface area contributed by atoms with Crippen molar-refractivity contribution in [3.05, 3.63) is 71.3 Å². The highest BCUT2D eigenvalue weighted by Crippen LogP contribution is 2.24. The van der Waals surface area contributed by atoms with Gasteiger partial charge < -0.3 is 10.1 Å². The topological polar surface area (TPSA) is 117 Å². The third-order valence-corrected chi connectivity index (χ3v) is 6.14. The number of carbonyl (C=O) groups is 3. The average molecular weight is 482 g/mol. The van der Waals surface area contributed by atoms with Crippen LogP contribution in [0.15, 0.2) is 54.6 Å². The predicted octanol–water partition coefficient (Wildman–Crippen LogP) is 3.80. The van der Waals surface area contributed by atoms with Gasteiger partial charge in [-0.2, -0.15) is 0 Å². The maximum absolute atomic E-state index is 13.0. The molecule has 4 N–H and O–H groups in total. The standard InChI is InChI=1S/C27H35N3O5/c31-24(30-34)16-5-2-8-17-28-26(32)22-13-9-10-20(18-22)19-29-25(21-11-3-1-4-12-21)27(33)35-23-14-6-7-15-23/h1,3-4,9-13,18,23,25,29,34H,2,5-8,14-17,19H2,(H,28,32)(H,30,31). The van der Waals surface area contributed by atoms with E-state index < -0.39 is 11.9 Å². The van der Waals surface area contributed by atoms with Gasteiger partial charge >= 0.3 is 5.97 Å². The Morgan fingerprint density at radius 3 is 2.49 bits per heavy atom. The largest absolute Gasteiger partial charge is 0.461 e. The lowest BCUT2D eigenvalue weighted by molar-refractivity contribution is -0.151. The number of ether oxygens (including phenoxy) is 1. The van der Waals surface area contributed by atoms with Gasteiger partial charge in [0.05, 0.1) is 0 Å². The van der Waals surface area contributed by atoms with Crippen molar-refractivity contribution in [2.24, 2.45) is 0 Å². The fraction of sp³-hybridized carbons (Fsp3) is 0.444. The molecular weight excluding hydrogens is 446 g/mol. The molecule has 3 rings (SSSR count). The van der Waals surface area contributed by atoms with Crippen LogP contribution in [0.2, 0.25) is 0 Å². The minimum Gasteiger partial charge on any atom is -0.461 e. The first kappa shape index (κ1) is 26.4. The molecule has 0 aromatic heterocycles. The summed E-state index contributed by atoms with van der Waals surface area (Å²) in [5.74, 6) is -0.838. The number of unbranched alkanes of at least 4 members (excludes halogenated alkanes) is 2. The molecule has 8 heteroatoms. The number of carbonyl (C=O) groups excluding carboxylic acids is 3. The molecule has 2 amide bonds. The third kappa shape index (κ3) is 8.81. The molecule has 0 radical (unpaired) electrons. The Morgan fingerprint density at radius 2 is 1.74 bits per heavy atom. The normalized spacial score (nSPS) is 14.3. The lowest BCUT2D eigenvalue weighted by Gasteiger charge is -2.21. The van der Waals surface area contributed by atoms with Crippen molar-refractivity contribution in [1.29, 1.82) is 0 Å². The number of nitrogens with one attached hydrogen (secondary N) is 3. The van der Waals surface area contributed by atoms with Gasteiger partial charge in [0, 0.05) is 25.1 Å². The van der Waals surface area contributed by atoms with E-state index in [1.54, 1.807) is 11.5 Å². The van der Waals surface area contributed by atoms with Crippen LogP contribution in [-0.4, -0.2) is 35.6 Å². The second-order valence-electron chi connectivity index (χ2n) is 8.87. The maximum atomic E-state index is 13.0. The molecule has 8 nitrogen and oxygen atoms in total. The summed E-state index contributed by atoms with van der Waals surface area (Å²) in [7, 11) is 0. The molecule has 1 saturated carbocycles. The number of hydrogen-bond donors (Lipinski definition) is 4. The summed E-state index contributed by atoms with van der Waals surface area (Å²) in [6.45, 7) is 0.915. The monoisotopic (exact) mass is 481 g/mol. The Bertz CT molecular complexity index is 960. The summed E-state index contributed by atoms with van der Waals surface area (Å²) < 4.78 is 5.77. The van der Waals surface area contributed by atoms with Gasteiger partial charge in [0.1, 0.15) is 12.1 Å². The highest BCUT2D eigenvalue weighted by molar-refractivity contribution is 5.94. The smallest absolute Gasteiger partial charge is 0.328 e. The molecule has 0 bridgehead atoms. The van der Waals surface area contributed by atoms with Gasteiger partial charge in [-0.3, -0.25) is 20.1 Å². The van der Waals surface area contributed by atoms with Crippen molar-refractivity contribution in [1.82, 2.24) is 16.1 Å². The Morgan fingerprint density at radius 1 is 0.971 bits per heavy atom. The number of hydrogen-bond acceptors (Lipinski definition) is 6. The van der Waals surface area contributed by atoms with Crippen LogP contribution in [0.25, 0.3) is 0 Å². The molecule has 188 valence electrons. The van der Waals surface area contributed by atoms with Crippen molar-refractivity contribution in [2.45, 2.75) is 70.1 Å². The summed E-state index contributed by atoms with van der Waals surface area (Å²) in [5.41, 5.74) is 3.90. The van der Waals surface area contributed by atoms with E-state index in [4.69, 9.17) is 9.94 Å². The minimum atomic E-state index is -0.581. The van der Waals surface area contributed by atoms with Gasteiger partial charge in [-0.1, -0.05) is 48.9 Å². The van der Waals surface area contributed by atoms with E-state index >= 15 is 0 Å². The number of hydroxylamine groups is 1. The SMILES string of the molecule is O=C(CCCCCNC(=O)c1cccc(CNC(C(=O)OC2CCCC2)c2ccccc2)c1)NO. The molecule has 0 spiro atoms. The molecule has 1 aliphatic carbocycles. The Kier molecular flexibility index (Phi) is 10.7. The van der Waals surface area contributed by atoms with Crippen LogP contribution < -0.4 is 16.1 Å². The van der Waals surface area contributed by atoms with Crippen LogP contribution >= 0.6 is 0 Å². The van der Waals surface area contributed by atoms with Crippen molar-refractivity contribution >= 4 is 17.8 Å². The quantitative estimate of drug-likeness (QED) is 0.150. The zero-order chi connectivity index (χ0) is 24.9. The van der Waals surface area contributed by atoms with Gasteiger partial charge in [0.2, 0.25) is 5.91 Å². The summed E-state index contributed by atoms with van der Waals surface area (Å²) in [6, 6.07) is 16.3. The zero-order valence-electron chi connectivity index (χ0n) is 20.0. The second-order valence-corrected chi connectivity index (χ2v) is 8.87. The van der Waals surface area contributed by atoms with Crippen LogP contribution in [0, 0.1) is 0 Å². The highest BCUT2D eigenvalue weighted by atomic mass is 16.5. The first-order valence-corrected chi connectivity index (χ1v) is 12.4. The summed E-state index contributed by atoms with van der Waals surface area (Å²) in [6.07, 6.45) is 6.45. The van der Waals surface area contributed by atoms with Crippen LogP contribution in [0.4, 0.5) is 0 Å². The third-order valence-electron chi connectivity index (χ3n) is 6.14. The Hall–Kier alpha value is -3.23. The summed E-state index contributed by atoms with van der Waals surface area (Å²) in [4.78, 5) is 36.5. The molecule has 1 unspecified atom stereocenters. The average Bonchev–Trinajstić information content (AvgIpc) is 3.39. The fourth-order valence-electron chi connectivity index (χ4n) is 4.21. The Balaban J connectivity index is 1.52. The maximum Gasteiger partial charge on any atom is 0.328 e. The lowest BCUT2D eigenvalue weighted by atomic mass is 10.1. The van der Waals surface area contributed by atoms with Crippen molar-refractivity contribution < 1.29 is 24.3 Å².